The average Bonchev–Trinajstić information content (AvgIpc) is 2.16. The standard InChI is InChI=1S/C14H18O2/c1-11(2)8-13(10-14(15)16)9-12-6-4-3-5-7-12/h3-7,9,11H,8,10H2,1-2H3,(H,15,16)/b13-9+. The van der Waals surface area contributed by atoms with Crippen molar-refractivity contribution in [1.82, 2.24) is 0 Å². The highest BCUT2D eigenvalue weighted by molar-refractivity contribution is 5.72. The van der Waals surface area contributed by atoms with Gasteiger partial charge in [-0.05, 0) is 17.9 Å². The summed E-state index contributed by atoms with van der Waals surface area (Å²) in [5, 5.41) is 8.83. The first-order chi connectivity index (χ1) is 7.58. The highest BCUT2D eigenvalue weighted by Crippen LogP contribution is 2.18. The zero-order valence-electron chi connectivity index (χ0n) is 9.81. The van der Waals surface area contributed by atoms with E-state index in [1.807, 2.05) is 36.4 Å². The second kappa shape index (κ2) is 6.11. The van der Waals surface area contributed by atoms with Gasteiger partial charge < -0.3 is 5.11 Å². The van der Waals surface area contributed by atoms with E-state index in [0.29, 0.717) is 5.92 Å². The molecule has 86 valence electrons. The van der Waals surface area contributed by atoms with Crippen molar-refractivity contribution in [2.24, 2.45) is 5.92 Å². The van der Waals surface area contributed by atoms with Crippen molar-refractivity contribution in [2.45, 2.75) is 26.7 Å². The largest absolute Gasteiger partial charge is 0.481 e. The van der Waals surface area contributed by atoms with Gasteiger partial charge >= 0.3 is 5.97 Å². The molecule has 0 aliphatic carbocycles. The van der Waals surface area contributed by atoms with Crippen molar-refractivity contribution in [3.8, 4) is 0 Å². The van der Waals surface area contributed by atoms with Crippen LogP contribution in [0.15, 0.2) is 35.9 Å². The zero-order valence-corrected chi connectivity index (χ0v) is 9.81. The quantitative estimate of drug-likeness (QED) is 0.820. The van der Waals surface area contributed by atoms with Gasteiger partial charge in [0.15, 0.2) is 0 Å². The summed E-state index contributed by atoms with van der Waals surface area (Å²) in [4.78, 5) is 10.7. The summed E-state index contributed by atoms with van der Waals surface area (Å²) < 4.78 is 0. The van der Waals surface area contributed by atoms with Crippen LogP contribution in [0.2, 0.25) is 0 Å². The maximum atomic E-state index is 10.7. The Kier molecular flexibility index (Phi) is 4.77. The predicted molar refractivity (Wildman–Crippen MR) is 66.1 cm³/mol. The molecule has 2 nitrogen and oxygen atoms in total. The molecule has 0 amide bonds. The first kappa shape index (κ1) is 12.5. The van der Waals surface area contributed by atoms with Gasteiger partial charge in [0, 0.05) is 0 Å². The molecule has 0 heterocycles. The number of benzene rings is 1. The molecule has 0 aliphatic rings. The van der Waals surface area contributed by atoms with Gasteiger partial charge in [-0.1, -0.05) is 55.8 Å². The molecule has 16 heavy (non-hydrogen) atoms. The Morgan fingerprint density at radius 3 is 2.44 bits per heavy atom. The van der Waals surface area contributed by atoms with Gasteiger partial charge in [0.1, 0.15) is 0 Å². The van der Waals surface area contributed by atoms with Crippen molar-refractivity contribution in [3.05, 3.63) is 41.5 Å². The normalized spacial score (nSPS) is 11.8. The molecular formula is C14H18O2. The summed E-state index contributed by atoms with van der Waals surface area (Å²) >= 11 is 0. The number of carboxylic acid groups (broad SMARTS) is 1. The number of hydrogen-bond acceptors (Lipinski definition) is 1. The maximum absolute atomic E-state index is 10.7. The Morgan fingerprint density at radius 2 is 1.94 bits per heavy atom. The molecule has 0 saturated carbocycles. The van der Waals surface area contributed by atoms with E-state index in [-0.39, 0.29) is 6.42 Å². The van der Waals surface area contributed by atoms with Crippen molar-refractivity contribution < 1.29 is 9.90 Å². The Morgan fingerprint density at radius 1 is 1.31 bits per heavy atom. The van der Waals surface area contributed by atoms with E-state index >= 15 is 0 Å². The van der Waals surface area contributed by atoms with Crippen molar-refractivity contribution >= 4 is 12.0 Å². The maximum Gasteiger partial charge on any atom is 0.307 e. The zero-order chi connectivity index (χ0) is 12.0. The lowest BCUT2D eigenvalue weighted by Crippen LogP contribution is -2.00. The Balaban J connectivity index is 2.83. The smallest absolute Gasteiger partial charge is 0.307 e. The monoisotopic (exact) mass is 218 g/mol. The van der Waals surface area contributed by atoms with E-state index in [2.05, 4.69) is 13.8 Å². The lowest BCUT2D eigenvalue weighted by atomic mass is 9.98. The van der Waals surface area contributed by atoms with E-state index in [4.69, 9.17) is 5.11 Å². The minimum atomic E-state index is -0.761. The molecule has 0 unspecified atom stereocenters. The van der Waals surface area contributed by atoms with Crippen LogP contribution in [0.5, 0.6) is 0 Å². The minimum absolute atomic E-state index is 0.132. The molecule has 0 atom stereocenters. The van der Waals surface area contributed by atoms with Gasteiger partial charge in [-0.25, -0.2) is 0 Å². The highest BCUT2D eigenvalue weighted by atomic mass is 16.4. The van der Waals surface area contributed by atoms with Crippen LogP contribution in [-0.4, -0.2) is 11.1 Å². The van der Waals surface area contributed by atoms with Crippen LogP contribution in [-0.2, 0) is 4.79 Å². The molecule has 0 saturated heterocycles. The van der Waals surface area contributed by atoms with Crippen LogP contribution in [0.3, 0.4) is 0 Å². The summed E-state index contributed by atoms with van der Waals surface area (Å²) in [6, 6.07) is 9.85. The van der Waals surface area contributed by atoms with E-state index in [0.717, 1.165) is 17.6 Å². The molecule has 2 heteroatoms. The molecule has 1 rings (SSSR count). The van der Waals surface area contributed by atoms with E-state index in [9.17, 15) is 4.79 Å². The third-order valence-electron chi connectivity index (χ3n) is 2.22. The molecule has 1 aromatic rings. The van der Waals surface area contributed by atoms with Gasteiger partial charge in [0.05, 0.1) is 6.42 Å². The number of hydrogen-bond donors (Lipinski definition) is 1. The topological polar surface area (TPSA) is 37.3 Å². The highest BCUT2D eigenvalue weighted by Gasteiger charge is 2.06. The number of carbonyl (C=O) groups is 1. The van der Waals surface area contributed by atoms with Gasteiger partial charge in [-0.2, -0.15) is 0 Å². The van der Waals surface area contributed by atoms with Gasteiger partial charge in [-0.15, -0.1) is 0 Å². The third kappa shape index (κ3) is 4.78. The fourth-order valence-electron chi connectivity index (χ4n) is 1.69. The van der Waals surface area contributed by atoms with Crippen LogP contribution < -0.4 is 0 Å². The minimum Gasteiger partial charge on any atom is -0.481 e. The van der Waals surface area contributed by atoms with Crippen LogP contribution in [0.25, 0.3) is 6.08 Å². The molecule has 0 fully saturated rings. The molecule has 0 aliphatic heterocycles. The number of carboxylic acids is 1. The van der Waals surface area contributed by atoms with Crippen molar-refractivity contribution in [1.29, 1.82) is 0 Å². The summed E-state index contributed by atoms with van der Waals surface area (Å²) in [6.45, 7) is 4.20. The molecule has 1 aromatic carbocycles. The summed E-state index contributed by atoms with van der Waals surface area (Å²) in [7, 11) is 0. The van der Waals surface area contributed by atoms with E-state index < -0.39 is 5.97 Å². The van der Waals surface area contributed by atoms with E-state index in [1.54, 1.807) is 0 Å². The Labute approximate surface area is 96.6 Å². The molecule has 0 bridgehead atoms. The second-order valence-corrected chi connectivity index (χ2v) is 4.38. The number of aliphatic carboxylic acids is 1. The SMILES string of the molecule is CC(C)C/C(=C\c1ccccc1)CC(=O)O. The third-order valence-corrected chi connectivity index (χ3v) is 2.22. The molecule has 0 radical (unpaired) electrons. The van der Waals surface area contributed by atoms with Crippen LogP contribution in [0, 0.1) is 5.92 Å². The predicted octanol–water partition coefficient (Wildman–Crippen LogP) is 3.59. The average molecular weight is 218 g/mol. The van der Waals surface area contributed by atoms with Crippen LogP contribution >= 0.6 is 0 Å². The van der Waals surface area contributed by atoms with Gasteiger partial charge in [0.25, 0.3) is 0 Å². The molecule has 1 N–H and O–H groups in total. The lowest BCUT2D eigenvalue weighted by molar-refractivity contribution is -0.136. The van der Waals surface area contributed by atoms with Gasteiger partial charge in [0.2, 0.25) is 0 Å². The fraction of sp³-hybridized carbons (Fsp3) is 0.357. The molecule has 0 aromatic heterocycles. The molecule has 0 spiro atoms. The summed E-state index contributed by atoms with van der Waals surface area (Å²) in [6.07, 6.45) is 2.95. The first-order valence-electron chi connectivity index (χ1n) is 5.54. The lowest BCUT2D eigenvalue weighted by Gasteiger charge is -2.08. The van der Waals surface area contributed by atoms with Gasteiger partial charge in [-0.3, -0.25) is 4.79 Å². The van der Waals surface area contributed by atoms with Crippen LogP contribution in [0.4, 0.5) is 0 Å². The van der Waals surface area contributed by atoms with Crippen LogP contribution in [0.1, 0.15) is 32.3 Å². The second-order valence-electron chi connectivity index (χ2n) is 4.38. The molecular weight excluding hydrogens is 200 g/mol. The summed E-state index contributed by atoms with van der Waals surface area (Å²) in [5.74, 6) is -0.280. The summed E-state index contributed by atoms with van der Waals surface area (Å²) in [5.41, 5.74) is 2.05. The Hall–Kier alpha value is -1.57. The van der Waals surface area contributed by atoms with Crippen molar-refractivity contribution in [2.75, 3.05) is 0 Å². The van der Waals surface area contributed by atoms with E-state index in [1.165, 1.54) is 0 Å². The Bertz CT molecular complexity index is 364. The number of rotatable bonds is 5. The first-order valence-corrected chi connectivity index (χ1v) is 5.54. The fourth-order valence-corrected chi connectivity index (χ4v) is 1.69. The van der Waals surface area contributed by atoms with Crippen molar-refractivity contribution in [3.63, 3.8) is 0 Å².